The van der Waals surface area contributed by atoms with E-state index in [0.717, 1.165) is 0 Å². The Morgan fingerprint density at radius 1 is 1.57 bits per heavy atom. The van der Waals surface area contributed by atoms with Gasteiger partial charge >= 0.3 is 0 Å². The first-order valence-electron chi connectivity index (χ1n) is 4.18. The molecule has 1 atom stereocenters. The SMILES string of the molecule is CC(O)c1noc(-c2ccn(C)n2)n1. The van der Waals surface area contributed by atoms with Crippen LogP contribution in [0.2, 0.25) is 0 Å². The van der Waals surface area contributed by atoms with Crippen molar-refractivity contribution in [2.45, 2.75) is 13.0 Å². The summed E-state index contributed by atoms with van der Waals surface area (Å²) in [4.78, 5) is 3.99. The fourth-order valence-corrected chi connectivity index (χ4v) is 1.04. The number of nitrogens with zero attached hydrogens (tertiary/aromatic N) is 4. The molecule has 0 spiro atoms. The Morgan fingerprint density at radius 3 is 2.86 bits per heavy atom. The highest BCUT2D eigenvalue weighted by Crippen LogP contribution is 2.16. The Balaban J connectivity index is 2.33. The summed E-state index contributed by atoms with van der Waals surface area (Å²) in [5.74, 6) is 0.590. The third kappa shape index (κ3) is 1.51. The smallest absolute Gasteiger partial charge is 0.278 e. The van der Waals surface area contributed by atoms with Gasteiger partial charge in [-0.05, 0) is 13.0 Å². The topological polar surface area (TPSA) is 77.0 Å². The molecule has 2 heterocycles. The molecular weight excluding hydrogens is 184 g/mol. The molecule has 0 saturated heterocycles. The quantitative estimate of drug-likeness (QED) is 0.754. The van der Waals surface area contributed by atoms with E-state index >= 15 is 0 Å². The van der Waals surface area contributed by atoms with Crippen molar-refractivity contribution in [3.63, 3.8) is 0 Å². The second kappa shape index (κ2) is 3.22. The zero-order valence-electron chi connectivity index (χ0n) is 7.88. The zero-order valence-corrected chi connectivity index (χ0v) is 7.88. The minimum absolute atomic E-state index is 0.269. The van der Waals surface area contributed by atoms with Crippen molar-refractivity contribution >= 4 is 0 Å². The molecule has 6 heteroatoms. The van der Waals surface area contributed by atoms with E-state index in [2.05, 4.69) is 15.2 Å². The van der Waals surface area contributed by atoms with Crippen LogP contribution in [-0.2, 0) is 7.05 Å². The number of aromatic nitrogens is 4. The summed E-state index contributed by atoms with van der Waals surface area (Å²) in [5.41, 5.74) is 0.604. The molecule has 0 aliphatic heterocycles. The molecule has 6 nitrogen and oxygen atoms in total. The molecule has 14 heavy (non-hydrogen) atoms. The van der Waals surface area contributed by atoms with Gasteiger partial charge in [-0.25, -0.2) is 0 Å². The molecule has 0 radical (unpaired) electrons. The molecular formula is C8H10N4O2. The van der Waals surface area contributed by atoms with E-state index in [1.54, 1.807) is 30.9 Å². The van der Waals surface area contributed by atoms with Crippen molar-refractivity contribution in [1.29, 1.82) is 0 Å². The van der Waals surface area contributed by atoms with Gasteiger partial charge in [-0.1, -0.05) is 5.16 Å². The number of aryl methyl sites for hydroxylation is 1. The molecule has 0 aliphatic carbocycles. The van der Waals surface area contributed by atoms with Crippen molar-refractivity contribution in [1.82, 2.24) is 19.9 Å². The van der Waals surface area contributed by atoms with Crippen molar-refractivity contribution in [3.05, 3.63) is 18.1 Å². The van der Waals surface area contributed by atoms with Crippen LogP contribution in [0, 0.1) is 0 Å². The van der Waals surface area contributed by atoms with Gasteiger partial charge in [-0.15, -0.1) is 0 Å². The highest BCUT2D eigenvalue weighted by atomic mass is 16.5. The lowest BCUT2D eigenvalue weighted by Crippen LogP contribution is -1.93. The van der Waals surface area contributed by atoms with E-state index < -0.39 is 6.10 Å². The normalized spacial score (nSPS) is 13.1. The van der Waals surface area contributed by atoms with Crippen LogP contribution in [-0.4, -0.2) is 25.0 Å². The molecule has 0 aliphatic rings. The molecule has 0 aromatic carbocycles. The van der Waals surface area contributed by atoms with E-state index in [4.69, 9.17) is 4.52 Å². The molecule has 74 valence electrons. The van der Waals surface area contributed by atoms with E-state index in [1.165, 1.54) is 0 Å². The molecule has 0 fully saturated rings. The summed E-state index contributed by atoms with van der Waals surface area (Å²) < 4.78 is 6.57. The maximum atomic E-state index is 9.18. The van der Waals surface area contributed by atoms with Crippen LogP contribution in [0.5, 0.6) is 0 Å². The minimum Gasteiger partial charge on any atom is -0.385 e. The Hall–Kier alpha value is -1.69. The second-order valence-corrected chi connectivity index (χ2v) is 3.01. The zero-order chi connectivity index (χ0) is 10.1. The Bertz CT molecular complexity index is 432. The summed E-state index contributed by atoms with van der Waals surface area (Å²) in [5, 5.41) is 16.9. The van der Waals surface area contributed by atoms with Crippen LogP contribution in [0.15, 0.2) is 16.8 Å². The summed E-state index contributed by atoms with van der Waals surface area (Å²) in [6.07, 6.45) is 1.05. The molecule has 2 rings (SSSR count). The lowest BCUT2D eigenvalue weighted by molar-refractivity contribution is 0.184. The third-order valence-corrected chi connectivity index (χ3v) is 1.75. The lowest BCUT2D eigenvalue weighted by Gasteiger charge is -1.91. The van der Waals surface area contributed by atoms with Gasteiger partial charge in [0.2, 0.25) is 0 Å². The fourth-order valence-electron chi connectivity index (χ4n) is 1.04. The Kier molecular flexibility index (Phi) is 2.05. The maximum Gasteiger partial charge on any atom is 0.278 e. The summed E-state index contributed by atoms with van der Waals surface area (Å²) >= 11 is 0. The summed E-state index contributed by atoms with van der Waals surface area (Å²) in [7, 11) is 1.80. The molecule has 0 saturated carbocycles. The van der Waals surface area contributed by atoms with Gasteiger partial charge in [0.1, 0.15) is 6.10 Å². The first-order valence-corrected chi connectivity index (χ1v) is 4.18. The number of hydrogen-bond donors (Lipinski definition) is 1. The second-order valence-electron chi connectivity index (χ2n) is 3.01. The Labute approximate surface area is 80.2 Å². The van der Waals surface area contributed by atoms with E-state index in [0.29, 0.717) is 11.6 Å². The highest BCUT2D eigenvalue weighted by molar-refractivity contribution is 5.44. The number of aliphatic hydroxyl groups excluding tert-OH is 1. The van der Waals surface area contributed by atoms with Gasteiger partial charge in [0.15, 0.2) is 11.5 Å². The first kappa shape index (κ1) is 8.89. The number of aliphatic hydroxyl groups is 1. The van der Waals surface area contributed by atoms with Crippen LogP contribution in [0.25, 0.3) is 11.6 Å². The van der Waals surface area contributed by atoms with Gasteiger partial charge in [-0.2, -0.15) is 10.1 Å². The monoisotopic (exact) mass is 194 g/mol. The van der Waals surface area contributed by atoms with Gasteiger partial charge in [0.25, 0.3) is 5.89 Å². The van der Waals surface area contributed by atoms with Gasteiger partial charge in [0.05, 0.1) is 0 Å². The largest absolute Gasteiger partial charge is 0.385 e. The molecule has 1 N–H and O–H groups in total. The van der Waals surface area contributed by atoms with Crippen LogP contribution < -0.4 is 0 Å². The molecule has 1 unspecified atom stereocenters. The summed E-state index contributed by atoms with van der Waals surface area (Å²) in [6.45, 7) is 1.58. The molecule has 2 aromatic heterocycles. The van der Waals surface area contributed by atoms with Crippen molar-refractivity contribution in [3.8, 4) is 11.6 Å². The minimum atomic E-state index is -0.726. The predicted molar refractivity (Wildman–Crippen MR) is 47.1 cm³/mol. The van der Waals surface area contributed by atoms with Gasteiger partial charge in [0, 0.05) is 13.2 Å². The lowest BCUT2D eigenvalue weighted by atomic mass is 10.4. The van der Waals surface area contributed by atoms with Crippen molar-refractivity contribution in [2.24, 2.45) is 7.05 Å². The van der Waals surface area contributed by atoms with Crippen LogP contribution in [0.3, 0.4) is 0 Å². The summed E-state index contributed by atoms with van der Waals surface area (Å²) in [6, 6.07) is 1.76. The fraction of sp³-hybridized carbons (Fsp3) is 0.375. The Morgan fingerprint density at radius 2 is 2.36 bits per heavy atom. The average Bonchev–Trinajstić information content (AvgIpc) is 2.70. The number of hydrogen-bond acceptors (Lipinski definition) is 5. The van der Waals surface area contributed by atoms with Gasteiger partial charge < -0.3 is 9.63 Å². The highest BCUT2D eigenvalue weighted by Gasteiger charge is 2.13. The number of rotatable bonds is 2. The van der Waals surface area contributed by atoms with Crippen molar-refractivity contribution in [2.75, 3.05) is 0 Å². The molecule has 0 amide bonds. The van der Waals surface area contributed by atoms with Crippen molar-refractivity contribution < 1.29 is 9.63 Å². The molecule has 0 bridgehead atoms. The predicted octanol–water partition coefficient (Wildman–Crippen LogP) is 0.523. The van der Waals surface area contributed by atoms with Crippen LogP contribution in [0.4, 0.5) is 0 Å². The van der Waals surface area contributed by atoms with Gasteiger partial charge in [-0.3, -0.25) is 4.68 Å². The van der Waals surface area contributed by atoms with E-state index in [-0.39, 0.29) is 5.82 Å². The average molecular weight is 194 g/mol. The van der Waals surface area contributed by atoms with E-state index in [9.17, 15) is 5.11 Å². The first-order chi connectivity index (χ1) is 6.66. The van der Waals surface area contributed by atoms with E-state index in [1.807, 2.05) is 0 Å². The molecule has 2 aromatic rings. The van der Waals surface area contributed by atoms with Crippen LogP contribution >= 0.6 is 0 Å². The maximum absolute atomic E-state index is 9.18. The third-order valence-electron chi connectivity index (χ3n) is 1.75. The van der Waals surface area contributed by atoms with Crippen LogP contribution in [0.1, 0.15) is 18.9 Å². The standard InChI is InChI=1S/C8H10N4O2/c1-5(13)7-9-8(14-11-7)6-3-4-12(2)10-6/h3-5,13H,1-2H3.